The van der Waals surface area contributed by atoms with E-state index in [0.717, 1.165) is 5.56 Å². The molecule has 3 amide bonds. The fourth-order valence-electron chi connectivity index (χ4n) is 6.47. The molecule has 2 saturated heterocycles. The van der Waals surface area contributed by atoms with Gasteiger partial charge in [-0.3, -0.25) is 14.4 Å². The van der Waals surface area contributed by atoms with Crippen molar-refractivity contribution >= 4 is 46.8 Å². The molecule has 2 fully saturated rings. The second kappa shape index (κ2) is 10.5. The summed E-state index contributed by atoms with van der Waals surface area (Å²) in [6.45, 7) is 1.45. The number of nitrogens with zero attached hydrogens (tertiary/aromatic N) is 3. The molecule has 2 aromatic rings. The van der Waals surface area contributed by atoms with Crippen LogP contribution in [-0.4, -0.2) is 74.9 Å². The van der Waals surface area contributed by atoms with E-state index in [4.69, 9.17) is 11.6 Å². The molecular weight excluding hydrogens is 534 g/mol. The van der Waals surface area contributed by atoms with Crippen molar-refractivity contribution in [2.45, 2.75) is 29.0 Å². The summed E-state index contributed by atoms with van der Waals surface area (Å²) < 4.78 is -0.879. The van der Waals surface area contributed by atoms with Crippen LogP contribution in [-0.2, 0) is 20.9 Å². The van der Waals surface area contributed by atoms with Crippen LogP contribution in [0.4, 0.5) is 5.69 Å². The van der Waals surface area contributed by atoms with Gasteiger partial charge in [0.05, 0.1) is 16.6 Å². The Morgan fingerprint density at radius 1 is 0.949 bits per heavy atom. The Morgan fingerprint density at radius 2 is 1.72 bits per heavy atom. The number of aliphatic hydroxyl groups excluding tert-OH is 1. The number of fused-ring (bicyclic) bond motifs is 2. The van der Waals surface area contributed by atoms with Gasteiger partial charge in [0.25, 0.3) is 5.91 Å². The normalized spacial score (nSPS) is 29.8. The summed E-state index contributed by atoms with van der Waals surface area (Å²) in [5.41, 5.74) is 1.73. The number of anilines is 1. The van der Waals surface area contributed by atoms with E-state index < -0.39 is 22.6 Å². The topological polar surface area (TPSA) is 81.2 Å². The summed E-state index contributed by atoms with van der Waals surface area (Å²) in [4.78, 5) is 47.7. The average Bonchev–Trinajstić information content (AvgIpc) is 3.26. The van der Waals surface area contributed by atoms with Crippen LogP contribution in [0.2, 0.25) is 5.02 Å². The molecule has 7 nitrogen and oxygen atoms in total. The second-order valence-corrected chi connectivity index (χ2v) is 12.3. The van der Waals surface area contributed by atoms with Crippen LogP contribution in [0.5, 0.6) is 0 Å². The van der Waals surface area contributed by atoms with Gasteiger partial charge in [-0.15, -0.1) is 11.8 Å². The van der Waals surface area contributed by atoms with Crippen molar-refractivity contribution in [1.82, 2.24) is 9.80 Å². The molecule has 0 aromatic heterocycles. The minimum atomic E-state index is -0.879. The minimum Gasteiger partial charge on any atom is -0.396 e. The number of hydrogen-bond acceptors (Lipinski definition) is 5. The fourth-order valence-corrected chi connectivity index (χ4v) is 8.60. The Kier molecular flexibility index (Phi) is 7.04. The lowest BCUT2D eigenvalue weighted by Gasteiger charge is -2.35. The number of thioether (sulfide) groups is 1. The maximum atomic E-state index is 14.3. The molecule has 0 bridgehead atoms. The molecule has 0 aliphatic carbocycles. The molecule has 0 saturated carbocycles. The molecule has 1 unspecified atom stereocenters. The third-order valence-electron chi connectivity index (χ3n) is 8.15. The van der Waals surface area contributed by atoms with Crippen molar-refractivity contribution in [3.05, 3.63) is 89.5 Å². The second-order valence-electron chi connectivity index (χ2n) is 10.4. The smallest absolute Gasteiger partial charge is 0.251 e. The molecule has 9 heteroatoms. The highest BCUT2D eigenvalue weighted by Crippen LogP contribution is 2.61. The third kappa shape index (κ3) is 4.39. The van der Waals surface area contributed by atoms with Gasteiger partial charge in [-0.1, -0.05) is 66.2 Å². The van der Waals surface area contributed by atoms with Gasteiger partial charge in [0.15, 0.2) is 0 Å². The van der Waals surface area contributed by atoms with E-state index >= 15 is 0 Å². The van der Waals surface area contributed by atoms with Gasteiger partial charge >= 0.3 is 0 Å². The van der Waals surface area contributed by atoms with E-state index in [1.54, 1.807) is 45.8 Å². The van der Waals surface area contributed by atoms with E-state index in [1.165, 1.54) is 0 Å². The zero-order valence-corrected chi connectivity index (χ0v) is 22.9. The van der Waals surface area contributed by atoms with Crippen molar-refractivity contribution in [3.63, 3.8) is 0 Å². The maximum absolute atomic E-state index is 14.3. The SMILES string of the molecule is O=C1[C@@H]2[C@H](C=CCN1Cc1ccccc1)S[C@]13C=CCN(c4ccc(Cl)cc4)C(=O)C1N(CCCO)C(=O)[C@H]23. The largest absolute Gasteiger partial charge is 0.396 e. The molecule has 4 heterocycles. The predicted molar refractivity (Wildman–Crippen MR) is 152 cm³/mol. The van der Waals surface area contributed by atoms with Crippen molar-refractivity contribution in [2.75, 3.05) is 31.1 Å². The number of rotatable bonds is 6. The van der Waals surface area contributed by atoms with Crippen LogP contribution < -0.4 is 4.90 Å². The first-order valence-electron chi connectivity index (χ1n) is 13.3. The van der Waals surface area contributed by atoms with E-state index in [9.17, 15) is 19.5 Å². The van der Waals surface area contributed by atoms with Crippen LogP contribution in [0.25, 0.3) is 0 Å². The first-order chi connectivity index (χ1) is 18.9. The molecule has 202 valence electrons. The van der Waals surface area contributed by atoms with Gasteiger partial charge in [-0.05, 0) is 36.2 Å². The monoisotopic (exact) mass is 563 g/mol. The molecule has 4 aliphatic heterocycles. The first kappa shape index (κ1) is 26.2. The number of halogens is 1. The maximum Gasteiger partial charge on any atom is 0.251 e. The molecule has 4 aliphatic rings. The van der Waals surface area contributed by atoms with Gasteiger partial charge in [-0.25, -0.2) is 0 Å². The van der Waals surface area contributed by atoms with Crippen LogP contribution in [0.1, 0.15) is 12.0 Å². The highest BCUT2D eigenvalue weighted by atomic mass is 35.5. The lowest BCUT2D eigenvalue weighted by Crippen LogP contribution is -2.53. The summed E-state index contributed by atoms with van der Waals surface area (Å²) in [5.74, 6) is -1.68. The summed E-state index contributed by atoms with van der Waals surface area (Å²) in [5, 5.41) is 9.96. The molecule has 39 heavy (non-hydrogen) atoms. The summed E-state index contributed by atoms with van der Waals surface area (Å²) in [6, 6.07) is 16.2. The van der Waals surface area contributed by atoms with Gasteiger partial charge in [0.1, 0.15) is 6.04 Å². The Bertz CT molecular complexity index is 1330. The Morgan fingerprint density at radius 3 is 2.46 bits per heavy atom. The van der Waals surface area contributed by atoms with Crippen LogP contribution in [0, 0.1) is 11.8 Å². The molecule has 5 atom stereocenters. The van der Waals surface area contributed by atoms with Crippen molar-refractivity contribution in [1.29, 1.82) is 0 Å². The van der Waals surface area contributed by atoms with E-state index in [-0.39, 0.29) is 36.1 Å². The molecule has 6 rings (SSSR count). The first-order valence-corrected chi connectivity index (χ1v) is 14.5. The van der Waals surface area contributed by atoms with Crippen LogP contribution in [0.3, 0.4) is 0 Å². The number of likely N-dealkylation sites (tertiary alicyclic amines) is 1. The minimum absolute atomic E-state index is 0.0565. The van der Waals surface area contributed by atoms with E-state index in [1.807, 2.05) is 59.5 Å². The van der Waals surface area contributed by atoms with Gasteiger partial charge in [0, 0.05) is 48.7 Å². The number of carbonyl (C=O) groups is 3. The zero-order valence-electron chi connectivity index (χ0n) is 21.4. The summed E-state index contributed by atoms with van der Waals surface area (Å²) in [7, 11) is 0. The van der Waals surface area contributed by atoms with Crippen molar-refractivity contribution in [2.24, 2.45) is 11.8 Å². The van der Waals surface area contributed by atoms with E-state index in [0.29, 0.717) is 36.8 Å². The summed E-state index contributed by atoms with van der Waals surface area (Å²) in [6.07, 6.45) is 8.39. The molecule has 1 spiro atoms. The predicted octanol–water partition coefficient (Wildman–Crippen LogP) is 3.52. The quantitative estimate of drug-likeness (QED) is 0.544. The Labute approximate surface area is 237 Å². The number of benzene rings is 2. The molecule has 1 N–H and O–H groups in total. The highest BCUT2D eigenvalue weighted by Gasteiger charge is 2.70. The highest BCUT2D eigenvalue weighted by molar-refractivity contribution is 8.02. The number of carbonyl (C=O) groups excluding carboxylic acids is 3. The average molecular weight is 564 g/mol. The van der Waals surface area contributed by atoms with E-state index in [2.05, 4.69) is 0 Å². The lowest BCUT2D eigenvalue weighted by molar-refractivity contribution is -0.143. The third-order valence-corrected chi connectivity index (χ3v) is 10.1. The van der Waals surface area contributed by atoms with Crippen LogP contribution >= 0.6 is 23.4 Å². The zero-order chi connectivity index (χ0) is 27.1. The lowest BCUT2D eigenvalue weighted by atomic mass is 9.78. The summed E-state index contributed by atoms with van der Waals surface area (Å²) >= 11 is 7.66. The Balaban J connectivity index is 1.39. The fraction of sp³-hybridized carbons (Fsp3) is 0.367. The number of aliphatic hydroxyl groups is 1. The van der Waals surface area contributed by atoms with Crippen molar-refractivity contribution < 1.29 is 19.5 Å². The van der Waals surface area contributed by atoms with Gasteiger partial charge < -0.3 is 19.8 Å². The molecule has 0 radical (unpaired) electrons. The van der Waals surface area contributed by atoms with Crippen molar-refractivity contribution in [3.8, 4) is 0 Å². The Hall–Kier alpha value is -3.07. The van der Waals surface area contributed by atoms with Crippen LogP contribution in [0.15, 0.2) is 78.9 Å². The van der Waals surface area contributed by atoms with Gasteiger partial charge in [-0.2, -0.15) is 0 Å². The van der Waals surface area contributed by atoms with Gasteiger partial charge in [0.2, 0.25) is 11.8 Å². The molecular formula is C30H30ClN3O4S. The number of hydrogen-bond donors (Lipinski definition) is 1. The standard InChI is InChI=1S/C30H30ClN3O4S/c31-21-10-12-22(13-11-21)33-16-5-14-30-25(28(37)34(17-6-18-35)26(30)29(33)38)24-23(39-30)9-4-15-32(27(24)36)19-20-7-2-1-3-8-20/h1-5,7-14,23-26,35H,6,15-19H2/t23-,24+,25-,26?,30-/m0/s1. The molecule has 2 aromatic carbocycles. The number of amides is 3.